The molecule has 1 fully saturated rings. The standard InChI is InChI=1S/C25H28N6O2/c32-23(21-8-10-22(11-9-21)29-24(33)20-6-2-1-3-7-20)26-14-5-15-30-16-18-31(19-17-30)25-27-12-4-13-28-25/h1-4,6-13H,5,14-19H2,(H,26,32)(H,29,33). The lowest BCUT2D eigenvalue weighted by atomic mass is 10.1. The number of carbonyl (C=O) groups excluding carboxylic acids is 2. The third kappa shape index (κ3) is 6.36. The minimum Gasteiger partial charge on any atom is -0.352 e. The van der Waals surface area contributed by atoms with Gasteiger partial charge in [0.05, 0.1) is 0 Å². The number of amides is 2. The summed E-state index contributed by atoms with van der Waals surface area (Å²) in [4.78, 5) is 37.9. The molecule has 0 saturated carbocycles. The third-order valence-electron chi connectivity index (χ3n) is 5.58. The molecule has 0 unspecified atom stereocenters. The first kappa shape index (κ1) is 22.4. The first-order valence-corrected chi connectivity index (χ1v) is 11.2. The number of nitrogens with one attached hydrogen (secondary N) is 2. The highest BCUT2D eigenvalue weighted by atomic mass is 16.2. The number of hydrogen-bond acceptors (Lipinski definition) is 6. The summed E-state index contributed by atoms with van der Waals surface area (Å²) in [5.74, 6) is 0.502. The zero-order valence-electron chi connectivity index (χ0n) is 18.5. The fraction of sp³-hybridized carbons (Fsp3) is 0.280. The molecule has 0 atom stereocenters. The van der Waals surface area contributed by atoms with E-state index in [-0.39, 0.29) is 11.8 Å². The van der Waals surface area contributed by atoms with E-state index < -0.39 is 0 Å². The van der Waals surface area contributed by atoms with E-state index in [4.69, 9.17) is 0 Å². The van der Waals surface area contributed by atoms with Gasteiger partial charge in [0.2, 0.25) is 5.95 Å². The number of nitrogens with zero attached hydrogens (tertiary/aromatic N) is 4. The molecule has 4 rings (SSSR count). The first-order valence-electron chi connectivity index (χ1n) is 11.2. The van der Waals surface area contributed by atoms with Crippen molar-refractivity contribution in [3.8, 4) is 0 Å². The Balaban J connectivity index is 1.15. The molecule has 2 amide bonds. The Morgan fingerprint density at radius 2 is 1.45 bits per heavy atom. The smallest absolute Gasteiger partial charge is 0.255 e. The maximum Gasteiger partial charge on any atom is 0.255 e. The number of hydrogen-bond donors (Lipinski definition) is 2. The van der Waals surface area contributed by atoms with Crippen LogP contribution in [0.4, 0.5) is 11.6 Å². The predicted molar refractivity (Wildman–Crippen MR) is 128 cm³/mol. The number of aromatic nitrogens is 2. The van der Waals surface area contributed by atoms with Gasteiger partial charge in [0, 0.05) is 61.9 Å². The van der Waals surface area contributed by atoms with E-state index in [0.717, 1.165) is 45.1 Å². The van der Waals surface area contributed by atoms with Gasteiger partial charge in [0.1, 0.15) is 0 Å². The van der Waals surface area contributed by atoms with Crippen LogP contribution >= 0.6 is 0 Å². The molecule has 3 aromatic rings. The van der Waals surface area contributed by atoms with Gasteiger partial charge in [0.15, 0.2) is 0 Å². The summed E-state index contributed by atoms with van der Waals surface area (Å²) in [6.07, 6.45) is 4.43. The van der Waals surface area contributed by atoms with Crippen LogP contribution in [-0.2, 0) is 0 Å². The van der Waals surface area contributed by atoms with Crippen LogP contribution in [0.25, 0.3) is 0 Å². The molecule has 2 heterocycles. The van der Waals surface area contributed by atoms with Crippen LogP contribution in [0.1, 0.15) is 27.1 Å². The van der Waals surface area contributed by atoms with Crippen molar-refractivity contribution >= 4 is 23.5 Å². The molecule has 2 N–H and O–H groups in total. The van der Waals surface area contributed by atoms with Gasteiger partial charge in [0.25, 0.3) is 11.8 Å². The summed E-state index contributed by atoms with van der Waals surface area (Å²) in [5.41, 5.74) is 1.82. The molecule has 8 heteroatoms. The second-order valence-corrected chi connectivity index (χ2v) is 7.88. The van der Waals surface area contributed by atoms with Crippen molar-refractivity contribution in [1.29, 1.82) is 0 Å². The van der Waals surface area contributed by atoms with Gasteiger partial charge in [-0.15, -0.1) is 0 Å². The molecule has 170 valence electrons. The highest BCUT2D eigenvalue weighted by Gasteiger charge is 2.18. The molecule has 2 aromatic carbocycles. The Kier molecular flexibility index (Phi) is 7.60. The molecular weight excluding hydrogens is 416 g/mol. The maximum atomic E-state index is 12.4. The van der Waals surface area contributed by atoms with Crippen molar-refractivity contribution in [3.05, 3.63) is 84.2 Å². The van der Waals surface area contributed by atoms with Gasteiger partial charge >= 0.3 is 0 Å². The van der Waals surface area contributed by atoms with Crippen LogP contribution in [0.15, 0.2) is 73.1 Å². The molecule has 1 aliphatic rings. The van der Waals surface area contributed by atoms with E-state index in [1.54, 1.807) is 48.8 Å². The van der Waals surface area contributed by atoms with E-state index >= 15 is 0 Å². The fourth-order valence-corrected chi connectivity index (χ4v) is 3.73. The SMILES string of the molecule is O=C(NCCCN1CCN(c2ncccn2)CC1)c1ccc(NC(=O)c2ccccc2)cc1. The highest BCUT2D eigenvalue weighted by Crippen LogP contribution is 2.12. The Bertz CT molecular complexity index is 1040. The van der Waals surface area contributed by atoms with E-state index in [2.05, 4.69) is 30.4 Å². The van der Waals surface area contributed by atoms with Crippen molar-refractivity contribution in [2.45, 2.75) is 6.42 Å². The molecular formula is C25H28N6O2. The van der Waals surface area contributed by atoms with Crippen molar-refractivity contribution < 1.29 is 9.59 Å². The second-order valence-electron chi connectivity index (χ2n) is 7.88. The average Bonchev–Trinajstić information content (AvgIpc) is 2.88. The van der Waals surface area contributed by atoms with Gasteiger partial charge in [-0.2, -0.15) is 0 Å². The molecule has 1 aromatic heterocycles. The Hall–Kier alpha value is -3.78. The number of benzene rings is 2. The van der Waals surface area contributed by atoms with E-state index in [9.17, 15) is 9.59 Å². The number of rotatable bonds is 8. The minimum atomic E-state index is -0.176. The van der Waals surface area contributed by atoms with Gasteiger partial charge in [-0.05, 0) is 55.4 Å². The highest BCUT2D eigenvalue weighted by molar-refractivity contribution is 6.04. The predicted octanol–water partition coefficient (Wildman–Crippen LogP) is 2.67. The van der Waals surface area contributed by atoms with Crippen molar-refractivity contribution in [3.63, 3.8) is 0 Å². The van der Waals surface area contributed by atoms with Crippen LogP contribution < -0.4 is 15.5 Å². The van der Waals surface area contributed by atoms with E-state index in [1.807, 2.05) is 24.3 Å². The zero-order chi connectivity index (χ0) is 22.9. The van der Waals surface area contributed by atoms with Crippen LogP contribution in [0.5, 0.6) is 0 Å². The maximum absolute atomic E-state index is 12.4. The quantitative estimate of drug-likeness (QED) is 0.519. The molecule has 0 bridgehead atoms. The van der Waals surface area contributed by atoms with Gasteiger partial charge < -0.3 is 15.5 Å². The van der Waals surface area contributed by atoms with Crippen molar-refractivity contribution in [1.82, 2.24) is 20.2 Å². The third-order valence-corrected chi connectivity index (χ3v) is 5.58. The molecule has 0 radical (unpaired) electrons. The summed E-state index contributed by atoms with van der Waals surface area (Å²) in [5, 5.41) is 5.81. The Morgan fingerprint density at radius 1 is 0.788 bits per heavy atom. The molecule has 1 saturated heterocycles. The zero-order valence-corrected chi connectivity index (χ0v) is 18.5. The fourth-order valence-electron chi connectivity index (χ4n) is 3.73. The lowest BCUT2D eigenvalue weighted by Gasteiger charge is -2.34. The number of piperazine rings is 1. The van der Waals surface area contributed by atoms with Crippen LogP contribution in [0, 0.1) is 0 Å². The number of anilines is 2. The minimum absolute atomic E-state index is 0.109. The largest absolute Gasteiger partial charge is 0.352 e. The number of carbonyl (C=O) groups is 2. The lowest BCUT2D eigenvalue weighted by molar-refractivity contribution is 0.0951. The lowest BCUT2D eigenvalue weighted by Crippen LogP contribution is -2.47. The Labute approximate surface area is 193 Å². The monoisotopic (exact) mass is 444 g/mol. The average molecular weight is 445 g/mol. The van der Waals surface area contributed by atoms with Crippen molar-refractivity contribution in [2.75, 3.05) is 49.5 Å². The van der Waals surface area contributed by atoms with Gasteiger partial charge in [-0.25, -0.2) is 9.97 Å². The van der Waals surface area contributed by atoms with Crippen LogP contribution in [-0.4, -0.2) is 66.0 Å². The summed E-state index contributed by atoms with van der Waals surface area (Å²) >= 11 is 0. The van der Waals surface area contributed by atoms with E-state index in [0.29, 0.717) is 23.4 Å². The van der Waals surface area contributed by atoms with Crippen LogP contribution in [0.3, 0.4) is 0 Å². The molecule has 0 aliphatic carbocycles. The van der Waals surface area contributed by atoms with Gasteiger partial charge in [-0.3, -0.25) is 14.5 Å². The summed E-state index contributed by atoms with van der Waals surface area (Å²) in [6.45, 7) is 5.29. The van der Waals surface area contributed by atoms with E-state index in [1.165, 1.54) is 0 Å². The summed E-state index contributed by atoms with van der Waals surface area (Å²) in [7, 11) is 0. The molecule has 8 nitrogen and oxygen atoms in total. The Morgan fingerprint density at radius 3 is 2.15 bits per heavy atom. The summed E-state index contributed by atoms with van der Waals surface area (Å²) < 4.78 is 0. The topological polar surface area (TPSA) is 90.5 Å². The molecule has 0 spiro atoms. The normalized spacial score (nSPS) is 14.0. The first-order chi connectivity index (χ1) is 16.2. The van der Waals surface area contributed by atoms with Crippen LogP contribution in [0.2, 0.25) is 0 Å². The van der Waals surface area contributed by atoms with Crippen molar-refractivity contribution in [2.24, 2.45) is 0 Å². The second kappa shape index (κ2) is 11.2. The molecule has 33 heavy (non-hydrogen) atoms. The molecule has 1 aliphatic heterocycles. The van der Waals surface area contributed by atoms with Gasteiger partial charge in [-0.1, -0.05) is 18.2 Å². The summed E-state index contributed by atoms with van der Waals surface area (Å²) in [6, 6.07) is 17.8.